The molecule has 9 nitrogen and oxygen atoms in total. The van der Waals surface area contributed by atoms with Gasteiger partial charge in [0, 0.05) is 44.4 Å². The molecule has 27 heavy (non-hydrogen) atoms. The van der Waals surface area contributed by atoms with Gasteiger partial charge in [-0.15, -0.1) is 0 Å². The van der Waals surface area contributed by atoms with Crippen molar-refractivity contribution in [1.82, 2.24) is 9.80 Å². The maximum Gasteiger partial charge on any atom is 0.307 e. The van der Waals surface area contributed by atoms with Crippen molar-refractivity contribution < 1.29 is 24.0 Å². The van der Waals surface area contributed by atoms with Gasteiger partial charge in [-0.2, -0.15) is 0 Å². The Morgan fingerprint density at radius 1 is 1.26 bits per heavy atom. The second-order valence-electron chi connectivity index (χ2n) is 6.22. The number of nitro benzene ring substituents is 1. The second-order valence-corrected chi connectivity index (χ2v) is 6.22. The number of hydrogen-bond acceptors (Lipinski definition) is 7. The average molecular weight is 379 g/mol. The summed E-state index contributed by atoms with van der Waals surface area (Å²) in [7, 11) is 1.30. The van der Waals surface area contributed by atoms with Gasteiger partial charge in [0.05, 0.1) is 38.1 Å². The Balaban J connectivity index is 2.02. The van der Waals surface area contributed by atoms with Crippen molar-refractivity contribution in [3.8, 4) is 0 Å². The molecule has 0 N–H and O–H groups in total. The van der Waals surface area contributed by atoms with Crippen LogP contribution in [-0.2, 0) is 25.5 Å². The van der Waals surface area contributed by atoms with E-state index >= 15 is 0 Å². The van der Waals surface area contributed by atoms with Crippen LogP contribution >= 0.6 is 0 Å². The van der Waals surface area contributed by atoms with Crippen LogP contribution in [0.4, 0.5) is 5.69 Å². The van der Waals surface area contributed by atoms with Gasteiger partial charge in [-0.25, -0.2) is 0 Å². The summed E-state index contributed by atoms with van der Waals surface area (Å²) < 4.78 is 9.97. The number of methoxy groups -OCH3 is 1. The maximum absolute atomic E-state index is 12.8. The van der Waals surface area contributed by atoms with Gasteiger partial charge in [0.15, 0.2) is 0 Å². The summed E-state index contributed by atoms with van der Waals surface area (Å²) in [6.07, 6.45) is 0.00364. The average Bonchev–Trinajstić information content (AvgIpc) is 2.68. The largest absolute Gasteiger partial charge is 0.469 e. The minimum absolute atomic E-state index is 0.0769. The molecular formula is C18H25N3O6. The lowest BCUT2D eigenvalue weighted by Gasteiger charge is -2.30. The van der Waals surface area contributed by atoms with Gasteiger partial charge in [-0.3, -0.25) is 24.6 Å². The van der Waals surface area contributed by atoms with E-state index in [0.717, 1.165) is 13.1 Å². The van der Waals surface area contributed by atoms with Gasteiger partial charge in [-0.05, 0) is 0 Å². The fourth-order valence-electron chi connectivity index (χ4n) is 2.89. The van der Waals surface area contributed by atoms with Gasteiger partial charge < -0.3 is 14.4 Å². The highest BCUT2D eigenvalue weighted by atomic mass is 16.6. The minimum Gasteiger partial charge on any atom is -0.469 e. The summed E-state index contributed by atoms with van der Waals surface area (Å²) in [5.74, 6) is -0.647. The van der Waals surface area contributed by atoms with Gasteiger partial charge in [-0.1, -0.05) is 18.2 Å². The first-order chi connectivity index (χ1) is 13.0. The fraction of sp³-hybridized carbons (Fsp3) is 0.556. The van der Waals surface area contributed by atoms with Crippen molar-refractivity contribution in [2.24, 2.45) is 0 Å². The smallest absolute Gasteiger partial charge is 0.307 e. The van der Waals surface area contributed by atoms with Crippen LogP contribution in [-0.4, -0.2) is 79.6 Å². The van der Waals surface area contributed by atoms with E-state index in [-0.39, 0.29) is 31.0 Å². The number of carbonyl (C=O) groups is 2. The van der Waals surface area contributed by atoms with Crippen molar-refractivity contribution in [3.05, 3.63) is 39.9 Å². The number of para-hydroxylation sites is 1. The molecule has 0 saturated carbocycles. The number of benzene rings is 1. The number of ether oxygens (including phenoxy) is 2. The Bertz CT molecular complexity index is 660. The summed E-state index contributed by atoms with van der Waals surface area (Å²) in [6, 6.07) is 6.20. The van der Waals surface area contributed by atoms with Gasteiger partial charge in [0.1, 0.15) is 0 Å². The Morgan fingerprint density at radius 2 is 1.96 bits per heavy atom. The first-order valence-electron chi connectivity index (χ1n) is 8.88. The summed E-state index contributed by atoms with van der Waals surface area (Å²) in [5.41, 5.74) is 0.286. The Morgan fingerprint density at radius 3 is 2.63 bits per heavy atom. The lowest BCUT2D eigenvalue weighted by molar-refractivity contribution is -0.385. The zero-order valence-corrected chi connectivity index (χ0v) is 15.5. The highest BCUT2D eigenvalue weighted by molar-refractivity contribution is 5.80. The highest BCUT2D eigenvalue weighted by Crippen LogP contribution is 2.19. The molecule has 1 aromatic rings. The number of nitrogens with zero attached hydrogens (tertiary/aromatic N) is 3. The molecule has 0 spiro atoms. The fourth-order valence-corrected chi connectivity index (χ4v) is 2.89. The topological polar surface area (TPSA) is 102 Å². The van der Waals surface area contributed by atoms with Crippen LogP contribution < -0.4 is 0 Å². The number of esters is 1. The number of rotatable bonds is 9. The van der Waals surface area contributed by atoms with E-state index in [0.29, 0.717) is 31.9 Å². The van der Waals surface area contributed by atoms with E-state index < -0.39 is 10.9 Å². The first kappa shape index (κ1) is 20.8. The zero-order valence-electron chi connectivity index (χ0n) is 15.5. The molecule has 1 aromatic carbocycles. The van der Waals surface area contributed by atoms with Gasteiger partial charge in [0.2, 0.25) is 5.91 Å². The molecule has 1 amide bonds. The van der Waals surface area contributed by atoms with Crippen molar-refractivity contribution in [2.45, 2.75) is 12.8 Å². The standard InChI is InChI=1S/C18H25N3O6/c1-26-18(23)6-7-20(9-8-19-10-12-27-13-11-19)17(22)14-15-4-2-3-5-16(15)21(24)25/h2-5H,6-14H2,1H3. The SMILES string of the molecule is COC(=O)CCN(CCN1CCOCC1)C(=O)Cc1ccccc1[N+](=O)[O-]. The van der Waals surface area contributed by atoms with Gasteiger partial charge >= 0.3 is 5.97 Å². The number of morpholine rings is 1. The molecule has 0 atom stereocenters. The number of hydrogen-bond donors (Lipinski definition) is 0. The Hall–Kier alpha value is -2.52. The predicted molar refractivity (Wildman–Crippen MR) is 97.3 cm³/mol. The van der Waals surface area contributed by atoms with Crippen LogP contribution in [0.15, 0.2) is 24.3 Å². The van der Waals surface area contributed by atoms with Crippen molar-refractivity contribution >= 4 is 17.6 Å². The molecule has 2 rings (SSSR count). The molecule has 1 saturated heterocycles. The molecule has 0 aromatic heterocycles. The summed E-state index contributed by atoms with van der Waals surface area (Å²) in [5, 5.41) is 11.2. The molecule has 1 fully saturated rings. The van der Waals surface area contributed by atoms with Crippen molar-refractivity contribution in [2.75, 3.05) is 53.0 Å². The monoisotopic (exact) mass is 379 g/mol. The summed E-state index contributed by atoms with van der Waals surface area (Å²) in [4.78, 5) is 38.7. The van der Waals surface area contributed by atoms with Crippen LogP contribution in [0.5, 0.6) is 0 Å². The van der Waals surface area contributed by atoms with E-state index in [1.54, 1.807) is 23.1 Å². The minimum atomic E-state index is -0.491. The van der Waals surface area contributed by atoms with Crippen LogP contribution in [0, 0.1) is 10.1 Å². The third-order valence-electron chi connectivity index (χ3n) is 4.49. The highest BCUT2D eigenvalue weighted by Gasteiger charge is 2.21. The number of amides is 1. The molecule has 1 aliphatic rings. The Labute approximate surface area is 158 Å². The molecule has 0 bridgehead atoms. The molecule has 0 aliphatic carbocycles. The van der Waals surface area contributed by atoms with E-state index in [4.69, 9.17) is 4.74 Å². The quantitative estimate of drug-likeness (QED) is 0.356. The van der Waals surface area contributed by atoms with Crippen molar-refractivity contribution in [1.29, 1.82) is 0 Å². The van der Waals surface area contributed by atoms with E-state index in [2.05, 4.69) is 9.64 Å². The molecule has 148 valence electrons. The van der Waals surface area contributed by atoms with E-state index in [9.17, 15) is 19.7 Å². The third-order valence-corrected chi connectivity index (χ3v) is 4.49. The molecule has 1 heterocycles. The van der Waals surface area contributed by atoms with E-state index in [1.807, 2.05) is 0 Å². The van der Waals surface area contributed by atoms with Gasteiger partial charge in [0.25, 0.3) is 5.69 Å². The van der Waals surface area contributed by atoms with Crippen LogP contribution in [0.3, 0.4) is 0 Å². The normalized spacial score (nSPS) is 14.6. The zero-order chi connectivity index (χ0) is 19.6. The summed E-state index contributed by atoms with van der Waals surface area (Å²) in [6.45, 7) is 4.23. The Kier molecular flexibility index (Phi) is 8.15. The number of nitro groups is 1. The molecule has 1 aliphatic heterocycles. The van der Waals surface area contributed by atoms with E-state index in [1.165, 1.54) is 13.2 Å². The van der Waals surface area contributed by atoms with Crippen LogP contribution in [0.1, 0.15) is 12.0 Å². The third kappa shape index (κ3) is 6.61. The summed E-state index contributed by atoms with van der Waals surface area (Å²) >= 11 is 0. The lowest BCUT2D eigenvalue weighted by atomic mass is 10.1. The van der Waals surface area contributed by atoms with Crippen LogP contribution in [0.2, 0.25) is 0 Å². The predicted octanol–water partition coefficient (Wildman–Crippen LogP) is 0.861. The molecule has 0 unspecified atom stereocenters. The molecule has 0 radical (unpaired) electrons. The number of carbonyl (C=O) groups excluding carboxylic acids is 2. The lowest BCUT2D eigenvalue weighted by Crippen LogP contribution is -2.44. The van der Waals surface area contributed by atoms with Crippen molar-refractivity contribution in [3.63, 3.8) is 0 Å². The maximum atomic E-state index is 12.8. The first-order valence-corrected chi connectivity index (χ1v) is 8.88. The van der Waals surface area contributed by atoms with Crippen LogP contribution in [0.25, 0.3) is 0 Å². The molecule has 9 heteroatoms. The second kappa shape index (κ2) is 10.6. The molecular weight excluding hydrogens is 354 g/mol.